The summed E-state index contributed by atoms with van der Waals surface area (Å²) < 4.78 is 0. The van der Waals surface area contributed by atoms with E-state index >= 15 is 0 Å². The van der Waals surface area contributed by atoms with Crippen molar-refractivity contribution in [2.24, 2.45) is 58.2 Å². The van der Waals surface area contributed by atoms with Crippen molar-refractivity contribution in [1.29, 1.82) is 0 Å². The van der Waals surface area contributed by atoms with Gasteiger partial charge in [0.1, 0.15) is 0 Å². The maximum atomic E-state index is 13.8. The number of hydrogen-bond donors (Lipinski definition) is 2. The van der Waals surface area contributed by atoms with Crippen molar-refractivity contribution in [2.75, 3.05) is 6.54 Å². The second kappa shape index (κ2) is 7.09. The van der Waals surface area contributed by atoms with Crippen molar-refractivity contribution in [3.63, 3.8) is 0 Å². The Morgan fingerprint density at radius 3 is 2.41 bits per heavy atom. The van der Waals surface area contributed by atoms with Crippen LogP contribution >= 0.6 is 0 Å². The molecule has 0 aromatic heterocycles. The molecule has 8 rings (SSSR count). The van der Waals surface area contributed by atoms with Crippen LogP contribution in [0.1, 0.15) is 84.5 Å². The molecule has 2 N–H and O–H groups in total. The number of nitrogens with one attached hydrogen (secondary N) is 2. The van der Waals surface area contributed by atoms with E-state index in [9.17, 15) is 4.79 Å². The van der Waals surface area contributed by atoms with Crippen molar-refractivity contribution in [3.8, 4) is 0 Å². The fraction of sp³-hybridized carbons (Fsp3) is 0.897. The van der Waals surface area contributed by atoms with Gasteiger partial charge in [-0.25, -0.2) is 0 Å². The molecule has 32 heavy (non-hydrogen) atoms. The first-order valence-corrected chi connectivity index (χ1v) is 14.2. The first-order chi connectivity index (χ1) is 15.5. The normalized spacial score (nSPS) is 57.6. The molecule has 1 heterocycles. The standard InChI is InChI=1S/C29H44N2O/c1-28-10-8-23-21(4-7-25-29(23,2)9-3-11-30-25)22(28)5-6-24(28)27(32)31-26-19-13-17-12-18(15-19)16-20(26)14-17/h3,9,17-26,30H,4-8,10-16H2,1-2H3,(H,31,32)/t17?,18?,19?,20?,21-,22-,23-,24+,25+,26?,28-,29+/m0/s1. The summed E-state index contributed by atoms with van der Waals surface area (Å²) in [6.07, 6.45) is 19.7. The van der Waals surface area contributed by atoms with E-state index in [2.05, 4.69) is 36.6 Å². The van der Waals surface area contributed by atoms with Gasteiger partial charge in [-0.05, 0) is 117 Å². The van der Waals surface area contributed by atoms with Crippen LogP contribution in [0.2, 0.25) is 0 Å². The van der Waals surface area contributed by atoms with Crippen LogP contribution in [0.3, 0.4) is 0 Å². The van der Waals surface area contributed by atoms with E-state index in [1.54, 1.807) is 0 Å². The number of carbonyl (C=O) groups excluding carboxylic acids is 1. The van der Waals surface area contributed by atoms with Crippen LogP contribution < -0.4 is 10.6 Å². The molecule has 0 spiro atoms. The molecule has 3 nitrogen and oxygen atoms in total. The molecule has 0 saturated heterocycles. The molecule has 1 amide bonds. The van der Waals surface area contributed by atoms with Gasteiger partial charge >= 0.3 is 0 Å². The van der Waals surface area contributed by atoms with E-state index in [1.165, 1.54) is 64.2 Å². The number of hydrogen-bond acceptors (Lipinski definition) is 2. The molecule has 4 bridgehead atoms. The average molecular weight is 437 g/mol. The number of carbonyl (C=O) groups is 1. The van der Waals surface area contributed by atoms with E-state index in [0.717, 1.165) is 54.4 Å². The molecule has 1 aliphatic heterocycles. The number of fused-ring (bicyclic) bond motifs is 5. The van der Waals surface area contributed by atoms with Gasteiger partial charge < -0.3 is 10.6 Å². The molecular weight excluding hydrogens is 392 g/mol. The van der Waals surface area contributed by atoms with Crippen LogP contribution in [-0.2, 0) is 4.79 Å². The zero-order valence-electron chi connectivity index (χ0n) is 20.3. The van der Waals surface area contributed by atoms with Crippen molar-refractivity contribution in [2.45, 2.75) is 96.6 Å². The Morgan fingerprint density at radius 1 is 0.906 bits per heavy atom. The van der Waals surface area contributed by atoms with Crippen molar-refractivity contribution in [1.82, 2.24) is 10.6 Å². The third kappa shape index (κ3) is 2.78. The van der Waals surface area contributed by atoms with Gasteiger partial charge in [-0.15, -0.1) is 0 Å². The summed E-state index contributed by atoms with van der Waals surface area (Å²) in [5.41, 5.74) is 0.551. The summed E-state index contributed by atoms with van der Waals surface area (Å²) in [6, 6.07) is 1.16. The smallest absolute Gasteiger partial charge is 0.223 e. The van der Waals surface area contributed by atoms with Gasteiger partial charge in [0.25, 0.3) is 0 Å². The molecule has 0 aromatic carbocycles. The van der Waals surface area contributed by atoms with Crippen LogP contribution in [0.15, 0.2) is 12.2 Å². The maximum Gasteiger partial charge on any atom is 0.223 e. The molecule has 3 heteroatoms. The molecule has 7 atom stereocenters. The van der Waals surface area contributed by atoms with Crippen molar-refractivity contribution >= 4 is 5.91 Å². The average Bonchev–Trinajstić information content (AvgIpc) is 3.12. The van der Waals surface area contributed by atoms with E-state index < -0.39 is 0 Å². The van der Waals surface area contributed by atoms with E-state index in [1.807, 2.05) is 0 Å². The lowest BCUT2D eigenvalue weighted by Gasteiger charge is -2.59. The van der Waals surface area contributed by atoms with E-state index in [-0.39, 0.29) is 11.3 Å². The molecular formula is C29H44N2O. The second-order valence-corrected chi connectivity index (χ2v) is 13.8. The lowest BCUT2D eigenvalue weighted by Crippen LogP contribution is -2.59. The minimum Gasteiger partial charge on any atom is -0.353 e. The Balaban J connectivity index is 1.09. The summed E-state index contributed by atoms with van der Waals surface area (Å²) in [5.74, 6) is 6.62. The van der Waals surface area contributed by atoms with Crippen LogP contribution in [0.25, 0.3) is 0 Å². The predicted molar refractivity (Wildman–Crippen MR) is 128 cm³/mol. The SMILES string of the molecule is C[C@]12C=CCN[C@@H]1CC[C@@H]1[C@@H]2CC[C@]2(C)[C@@H](C(=O)NC3C4CC5CC(C4)CC3C5)CC[C@@H]12. The number of amides is 1. The monoisotopic (exact) mass is 436 g/mol. The van der Waals surface area contributed by atoms with Gasteiger partial charge in [-0.3, -0.25) is 4.79 Å². The highest BCUT2D eigenvalue weighted by molar-refractivity contribution is 5.80. The van der Waals surface area contributed by atoms with Crippen molar-refractivity contribution in [3.05, 3.63) is 12.2 Å². The first-order valence-electron chi connectivity index (χ1n) is 14.2. The molecule has 8 aliphatic rings. The zero-order chi connectivity index (χ0) is 21.7. The van der Waals surface area contributed by atoms with E-state index in [4.69, 9.17) is 0 Å². The topological polar surface area (TPSA) is 41.1 Å². The van der Waals surface area contributed by atoms with Gasteiger partial charge in [0.05, 0.1) is 0 Å². The molecule has 7 aliphatic carbocycles. The Morgan fingerprint density at radius 2 is 1.66 bits per heavy atom. The van der Waals surface area contributed by atoms with Gasteiger partial charge in [0, 0.05) is 30.0 Å². The Bertz CT molecular complexity index is 792. The van der Waals surface area contributed by atoms with Gasteiger partial charge in [0.15, 0.2) is 0 Å². The highest BCUT2D eigenvalue weighted by Gasteiger charge is 2.61. The fourth-order valence-corrected chi connectivity index (χ4v) is 11.3. The third-order valence-electron chi connectivity index (χ3n) is 12.6. The van der Waals surface area contributed by atoms with Crippen LogP contribution in [0, 0.1) is 58.2 Å². The first kappa shape index (κ1) is 20.5. The lowest BCUT2D eigenvalue weighted by atomic mass is 9.48. The Labute approximate surface area is 194 Å². The maximum absolute atomic E-state index is 13.8. The molecule has 7 fully saturated rings. The Hall–Kier alpha value is -0.830. The highest BCUT2D eigenvalue weighted by atomic mass is 16.2. The lowest BCUT2D eigenvalue weighted by molar-refractivity contribution is -0.136. The summed E-state index contributed by atoms with van der Waals surface area (Å²) in [7, 11) is 0. The second-order valence-electron chi connectivity index (χ2n) is 13.8. The highest BCUT2D eigenvalue weighted by Crippen LogP contribution is 2.65. The minimum absolute atomic E-state index is 0.228. The van der Waals surface area contributed by atoms with Crippen molar-refractivity contribution < 1.29 is 4.79 Å². The number of rotatable bonds is 2. The van der Waals surface area contributed by atoms with E-state index in [0.29, 0.717) is 23.4 Å². The van der Waals surface area contributed by atoms with Crippen LogP contribution in [0.5, 0.6) is 0 Å². The quantitative estimate of drug-likeness (QED) is 0.576. The van der Waals surface area contributed by atoms with Gasteiger partial charge in [-0.2, -0.15) is 0 Å². The minimum atomic E-state index is 0.228. The Kier molecular flexibility index (Phi) is 4.55. The summed E-state index contributed by atoms with van der Waals surface area (Å²) >= 11 is 0. The summed E-state index contributed by atoms with van der Waals surface area (Å²) in [4.78, 5) is 13.8. The summed E-state index contributed by atoms with van der Waals surface area (Å²) in [6.45, 7) is 6.10. The zero-order valence-corrected chi connectivity index (χ0v) is 20.3. The third-order valence-corrected chi connectivity index (χ3v) is 12.6. The molecule has 7 saturated carbocycles. The summed E-state index contributed by atoms with van der Waals surface area (Å²) in [5, 5.41) is 7.54. The van der Waals surface area contributed by atoms with Gasteiger partial charge in [0.2, 0.25) is 5.91 Å². The van der Waals surface area contributed by atoms with Crippen LogP contribution in [-0.4, -0.2) is 24.5 Å². The van der Waals surface area contributed by atoms with Gasteiger partial charge in [-0.1, -0.05) is 26.0 Å². The molecule has 0 radical (unpaired) electrons. The molecule has 0 unspecified atom stereocenters. The molecule has 0 aromatic rings. The fourth-order valence-electron chi connectivity index (χ4n) is 11.3. The predicted octanol–water partition coefficient (Wildman–Crippen LogP) is 5.31. The molecule has 176 valence electrons. The largest absolute Gasteiger partial charge is 0.353 e. The van der Waals surface area contributed by atoms with Crippen LogP contribution in [0.4, 0.5) is 0 Å².